The van der Waals surface area contributed by atoms with Gasteiger partial charge in [-0.1, -0.05) is 19.3 Å². The number of nitrogens with one attached hydrogen (secondary N) is 2. The number of hydroxylamine groups is 1. The molecule has 16 heavy (non-hydrogen) atoms. The summed E-state index contributed by atoms with van der Waals surface area (Å²) in [5.41, 5.74) is 2.02. The zero-order chi connectivity index (χ0) is 11.8. The zero-order valence-corrected chi connectivity index (χ0v) is 9.20. The van der Waals surface area contributed by atoms with Gasteiger partial charge in [0.25, 0.3) is 0 Å². The molecule has 0 aliphatic heterocycles. The van der Waals surface area contributed by atoms with Gasteiger partial charge in [0.1, 0.15) is 0 Å². The fourth-order valence-electron chi connectivity index (χ4n) is 1.83. The highest BCUT2D eigenvalue weighted by molar-refractivity contribution is 5.73. The first-order valence-electron chi connectivity index (χ1n) is 5.56. The third-order valence-electron chi connectivity index (χ3n) is 2.64. The average Bonchev–Trinajstić information content (AvgIpc) is 2.27. The van der Waals surface area contributed by atoms with Crippen molar-refractivity contribution in [3.63, 3.8) is 0 Å². The fraction of sp³-hybridized carbons (Fsp3) is 0.800. The quantitative estimate of drug-likeness (QED) is 0.612. The van der Waals surface area contributed by atoms with E-state index >= 15 is 0 Å². The fourth-order valence-corrected chi connectivity index (χ4v) is 1.83. The Bertz CT molecular complexity index is 239. The van der Waals surface area contributed by atoms with Crippen molar-refractivity contribution in [2.45, 2.75) is 32.1 Å². The van der Waals surface area contributed by atoms with Crippen LogP contribution in [-0.4, -0.2) is 30.3 Å². The Morgan fingerprint density at radius 2 is 1.94 bits per heavy atom. The Balaban J connectivity index is 2.02. The van der Waals surface area contributed by atoms with E-state index in [1.165, 1.54) is 19.3 Å². The molecule has 0 aromatic rings. The van der Waals surface area contributed by atoms with E-state index in [-0.39, 0.29) is 0 Å². The topological polar surface area (TPSA) is 87.7 Å². The van der Waals surface area contributed by atoms with Crippen LogP contribution in [0.15, 0.2) is 0 Å². The minimum absolute atomic E-state index is 0.480. The molecule has 0 heterocycles. The number of carboxylic acids is 1. The van der Waals surface area contributed by atoms with Crippen molar-refractivity contribution < 1.29 is 19.5 Å². The van der Waals surface area contributed by atoms with Crippen molar-refractivity contribution in [3.8, 4) is 0 Å². The zero-order valence-electron chi connectivity index (χ0n) is 9.20. The summed E-state index contributed by atoms with van der Waals surface area (Å²) in [6.07, 6.45) is 6.03. The van der Waals surface area contributed by atoms with Gasteiger partial charge in [0.05, 0.1) is 0 Å². The molecule has 1 aliphatic carbocycles. The number of rotatable bonds is 5. The molecule has 0 atom stereocenters. The summed E-state index contributed by atoms with van der Waals surface area (Å²) in [6, 6.07) is -0.480. The smallest absolute Gasteiger partial charge is 0.338 e. The number of aliphatic carboxylic acids is 1. The minimum atomic E-state index is -1.12. The molecule has 0 aromatic heterocycles. The summed E-state index contributed by atoms with van der Waals surface area (Å²) in [4.78, 5) is 25.7. The highest BCUT2D eigenvalue weighted by Gasteiger charge is 2.14. The van der Waals surface area contributed by atoms with Gasteiger partial charge in [-0.3, -0.25) is 4.84 Å². The van der Waals surface area contributed by atoms with Crippen molar-refractivity contribution >= 4 is 12.0 Å². The second kappa shape index (κ2) is 7.05. The largest absolute Gasteiger partial charge is 0.479 e. The second-order valence-electron chi connectivity index (χ2n) is 4.00. The Labute approximate surface area is 94.3 Å². The summed E-state index contributed by atoms with van der Waals surface area (Å²) in [5.74, 6) is -0.577. The molecule has 1 aliphatic rings. The van der Waals surface area contributed by atoms with Gasteiger partial charge in [-0.05, 0) is 18.8 Å². The van der Waals surface area contributed by atoms with Gasteiger partial charge >= 0.3 is 12.0 Å². The van der Waals surface area contributed by atoms with E-state index in [9.17, 15) is 9.59 Å². The molecule has 0 radical (unpaired) electrons. The van der Waals surface area contributed by atoms with E-state index in [1.807, 2.05) is 5.48 Å². The molecule has 92 valence electrons. The molecule has 0 spiro atoms. The SMILES string of the molecule is O=C(O)CONC(=O)NCC1CCCCC1. The summed E-state index contributed by atoms with van der Waals surface area (Å²) in [5, 5.41) is 10.9. The van der Waals surface area contributed by atoms with Gasteiger partial charge in [-0.15, -0.1) is 0 Å². The Morgan fingerprint density at radius 3 is 2.56 bits per heavy atom. The number of carbonyl (C=O) groups is 2. The first kappa shape index (κ1) is 12.8. The molecular weight excluding hydrogens is 212 g/mol. The maximum Gasteiger partial charge on any atom is 0.338 e. The van der Waals surface area contributed by atoms with Gasteiger partial charge in [0.15, 0.2) is 6.61 Å². The number of urea groups is 1. The minimum Gasteiger partial charge on any atom is -0.479 e. The standard InChI is InChI=1S/C10H18N2O4/c13-9(14)7-16-12-10(15)11-6-8-4-2-1-3-5-8/h8H,1-7H2,(H,13,14)(H2,11,12,15). The van der Waals surface area contributed by atoms with Crippen LogP contribution in [0, 0.1) is 5.92 Å². The molecule has 1 fully saturated rings. The van der Waals surface area contributed by atoms with Gasteiger partial charge in [-0.25, -0.2) is 15.1 Å². The number of hydrogen-bond acceptors (Lipinski definition) is 3. The molecule has 6 heteroatoms. The molecular formula is C10H18N2O4. The van der Waals surface area contributed by atoms with Crippen LogP contribution < -0.4 is 10.8 Å². The lowest BCUT2D eigenvalue weighted by molar-refractivity contribution is -0.144. The molecule has 0 bridgehead atoms. The van der Waals surface area contributed by atoms with Gasteiger partial charge < -0.3 is 10.4 Å². The highest BCUT2D eigenvalue weighted by atomic mass is 16.7. The van der Waals surface area contributed by atoms with E-state index in [0.29, 0.717) is 12.5 Å². The first-order valence-corrected chi connectivity index (χ1v) is 5.56. The molecule has 1 saturated carbocycles. The lowest BCUT2D eigenvalue weighted by Gasteiger charge is -2.21. The van der Waals surface area contributed by atoms with Crippen molar-refractivity contribution in [1.29, 1.82) is 0 Å². The summed E-state index contributed by atoms with van der Waals surface area (Å²) in [7, 11) is 0. The van der Waals surface area contributed by atoms with Gasteiger partial charge in [0.2, 0.25) is 0 Å². The molecule has 3 N–H and O–H groups in total. The van der Waals surface area contributed by atoms with Gasteiger partial charge in [-0.2, -0.15) is 0 Å². The van der Waals surface area contributed by atoms with Crippen LogP contribution in [0.25, 0.3) is 0 Å². The monoisotopic (exact) mass is 230 g/mol. The summed E-state index contributed by atoms with van der Waals surface area (Å²) in [6.45, 7) is 0.0963. The maximum atomic E-state index is 11.1. The van der Waals surface area contributed by atoms with Crippen LogP contribution in [-0.2, 0) is 9.63 Å². The molecule has 2 amide bonds. The van der Waals surface area contributed by atoms with Crippen molar-refractivity contribution in [2.75, 3.05) is 13.2 Å². The van der Waals surface area contributed by atoms with E-state index in [4.69, 9.17) is 5.11 Å². The van der Waals surface area contributed by atoms with Crippen LogP contribution in [0.3, 0.4) is 0 Å². The third-order valence-corrected chi connectivity index (χ3v) is 2.64. The van der Waals surface area contributed by atoms with E-state index in [0.717, 1.165) is 12.8 Å². The predicted octanol–water partition coefficient (Wildman–Crippen LogP) is 0.882. The number of carboxylic acid groups (broad SMARTS) is 1. The third kappa shape index (κ3) is 5.55. The molecule has 0 aromatic carbocycles. The maximum absolute atomic E-state index is 11.1. The van der Waals surface area contributed by atoms with Crippen molar-refractivity contribution in [1.82, 2.24) is 10.8 Å². The van der Waals surface area contributed by atoms with E-state index < -0.39 is 18.6 Å². The lowest BCUT2D eigenvalue weighted by atomic mass is 9.89. The van der Waals surface area contributed by atoms with Crippen molar-refractivity contribution in [3.05, 3.63) is 0 Å². The van der Waals surface area contributed by atoms with E-state index in [1.54, 1.807) is 0 Å². The number of amides is 2. The van der Waals surface area contributed by atoms with Crippen molar-refractivity contribution in [2.24, 2.45) is 5.92 Å². The van der Waals surface area contributed by atoms with Crippen LogP contribution in [0.4, 0.5) is 4.79 Å². The summed E-state index contributed by atoms with van der Waals surface area (Å²) >= 11 is 0. The Hall–Kier alpha value is -1.30. The highest BCUT2D eigenvalue weighted by Crippen LogP contribution is 2.22. The van der Waals surface area contributed by atoms with E-state index in [2.05, 4.69) is 10.2 Å². The van der Waals surface area contributed by atoms with Gasteiger partial charge in [0, 0.05) is 6.54 Å². The summed E-state index contributed by atoms with van der Waals surface area (Å²) < 4.78 is 0. The molecule has 0 unspecified atom stereocenters. The predicted molar refractivity (Wildman–Crippen MR) is 56.7 cm³/mol. The number of carbonyl (C=O) groups excluding carboxylic acids is 1. The second-order valence-corrected chi connectivity index (χ2v) is 4.00. The normalized spacial score (nSPS) is 16.8. The molecule has 6 nitrogen and oxygen atoms in total. The molecule has 1 rings (SSSR count). The molecule has 0 saturated heterocycles. The Morgan fingerprint density at radius 1 is 1.25 bits per heavy atom. The average molecular weight is 230 g/mol. The number of hydrogen-bond donors (Lipinski definition) is 3. The lowest BCUT2D eigenvalue weighted by Crippen LogP contribution is -2.39. The van der Waals surface area contributed by atoms with Crippen LogP contribution >= 0.6 is 0 Å². The van der Waals surface area contributed by atoms with Crippen LogP contribution in [0.2, 0.25) is 0 Å². The van der Waals surface area contributed by atoms with Crippen LogP contribution in [0.5, 0.6) is 0 Å². The van der Waals surface area contributed by atoms with Crippen LogP contribution in [0.1, 0.15) is 32.1 Å². The first-order chi connectivity index (χ1) is 7.68. The Kier molecular flexibility index (Phi) is 5.63.